The van der Waals surface area contributed by atoms with Crippen LogP contribution in [0.5, 0.6) is 0 Å². The lowest BCUT2D eigenvalue weighted by Crippen LogP contribution is -2.28. The summed E-state index contributed by atoms with van der Waals surface area (Å²) >= 11 is 0. The fourth-order valence-corrected chi connectivity index (χ4v) is 2.71. The molecular weight excluding hydrogens is 212 g/mol. The molecule has 0 spiro atoms. The maximum absolute atomic E-state index is 11.4. The van der Waals surface area contributed by atoms with Crippen LogP contribution in [-0.4, -0.2) is 27.3 Å². The van der Waals surface area contributed by atoms with E-state index < -0.39 is 10.0 Å². The number of nitrogens with two attached hydrogens (primary N) is 1. The molecule has 0 rings (SSSR count). The van der Waals surface area contributed by atoms with Crippen LogP contribution < -0.4 is 10.5 Å². The molecule has 0 aromatic carbocycles. The minimum atomic E-state index is -3.07. The van der Waals surface area contributed by atoms with Crippen LogP contribution in [0.2, 0.25) is 0 Å². The van der Waals surface area contributed by atoms with E-state index >= 15 is 0 Å². The Balaban J connectivity index is 3.89. The molecule has 0 bridgehead atoms. The lowest BCUT2D eigenvalue weighted by atomic mass is 10.00. The predicted octanol–water partition coefficient (Wildman–Crippen LogP) is 1.08. The van der Waals surface area contributed by atoms with Crippen molar-refractivity contribution in [3.63, 3.8) is 0 Å². The zero-order valence-electron chi connectivity index (χ0n) is 9.83. The van der Waals surface area contributed by atoms with E-state index in [0.29, 0.717) is 25.4 Å². The second-order valence-electron chi connectivity index (χ2n) is 3.85. The third kappa shape index (κ3) is 7.76. The Labute approximate surface area is 93.7 Å². The highest BCUT2D eigenvalue weighted by Crippen LogP contribution is 2.12. The van der Waals surface area contributed by atoms with E-state index in [4.69, 9.17) is 5.73 Å². The summed E-state index contributed by atoms with van der Waals surface area (Å²) in [5.74, 6) is 0.547. The molecule has 0 aromatic heterocycles. The van der Waals surface area contributed by atoms with E-state index in [1.165, 1.54) is 0 Å². The highest BCUT2D eigenvalue weighted by molar-refractivity contribution is 7.89. The summed E-state index contributed by atoms with van der Waals surface area (Å²) in [6.45, 7) is 4.96. The van der Waals surface area contributed by atoms with Gasteiger partial charge in [0.05, 0.1) is 5.75 Å². The van der Waals surface area contributed by atoms with Crippen LogP contribution >= 0.6 is 0 Å². The van der Waals surface area contributed by atoms with Gasteiger partial charge in [-0.15, -0.1) is 0 Å². The summed E-state index contributed by atoms with van der Waals surface area (Å²) < 4.78 is 25.2. The van der Waals surface area contributed by atoms with Crippen molar-refractivity contribution in [1.29, 1.82) is 0 Å². The first kappa shape index (κ1) is 14.9. The summed E-state index contributed by atoms with van der Waals surface area (Å²) in [6.07, 6.45) is 3.97. The van der Waals surface area contributed by atoms with Gasteiger partial charge in [0.15, 0.2) is 0 Å². The molecule has 1 unspecified atom stereocenters. The molecule has 5 heteroatoms. The normalized spacial score (nSPS) is 14.1. The first-order valence-electron chi connectivity index (χ1n) is 5.73. The fourth-order valence-electron chi connectivity index (χ4n) is 1.49. The number of rotatable bonds is 9. The first-order valence-corrected chi connectivity index (χ1v) is 7.38. The van der Waals surface area contributed by atoms with Gasteiger partial charge in [-0.3, -0.25) is 0 Å². The third-order valence-corrected chi connectivity index (χ3v) is 3.96. The van der Waals surface area contributed by atoms with Gasteiger partial charge in [-0.1, -0.05) is 26.7 Å². The number of unbranched alkanes of at least 4 members (excludes halogenated alkanes) is 1. The maximum atomic E-state index is 11.4. The standard InChI is InChI=1S/C10H24N2O2S/c1-3-5-6-10(9-11)7-8-15(13,14)12-4-2/h10,12H,3-9,11H2,1-2H3. The average molecular weight is 236 g/mol. The smallest absolute Gasteiger partial charge is 0.211 e. The molecule has 0 aliphatic rings. The van der Waals surface area contributed by atoms with Crippen LogP contribution in [-0.2, 0) is 10.0 Å². The lowest BCUT2D eigenvalue weighted by molar-refractivity contribution is 0.458. The van der Waals surface area contributed by atoms with Crippen LogP contribution in [0.3, 0.4) is 0 Å². The molecule has 0 amide bonds. The molecule has 3 N–H and O–H groups in total. The van der Waals surface area contributed by atoms with Crippen molar-refractivity contribution in [1.82, 2.24) is 4.72 Å². The topological polar surface area (TPSA) is 72.2 Å². The van der Waals surface area contributed by atoms with Crippen molar-refractivity contribution < 1.29 is 8.42 Å². The first-order chi connectivity index (χ1) is 7.05. The molecule has 0 aliphatic carbocycles. The number of hydrogen-bond acceptors (Lipinski definition) is 3. The van der Waals surface area contributed by atoms with E-state index in [0.717, 1.165) is 19.3 Å². The Morgan fingerprint density at radius 3 is 2.40 bits per heavy atom. The molecule has 15 heavy (non-hydrogen) atoms. The van der Waals surface area contributed by atoms with E-state index in [1.54, 1.807) is 6.92 Å². The van der Waals surface area contributed by atoms with Crippen molar-refractivity contribution in [3.05, 3.63) is 0 Å². The molecule has 0 saturated carbocycles. The van der Waals surface area contributed by atoms with Crippen LogP contribution in [0.1, 0.15) is 39.5 Å². The molecule has 0 aliphatic heterocycles. The lowest BCUT2D eigenvalue weighted by Gasteiger charge is -2.14. The number of sulfonamides is 1. The second-order valence-corrected chi connectivity index (χ2v) is 5.78. The number of hydrogen-bond donors (Lipinski definition) is 2. The highest BCUT2D eigenvalue weighted by Gasteiger charge is 2.13. The van der Waals surface area contributed by atoms with Gasteiger partial charge in [0.25, 0.3) is 0 Å². The van der Waals surface area contributed by atoms with Crippen LogP contribution in [0.25, 0.3) is 0 Å². The Morgan fingerprint density at radius 1 is 1.27 bits per heavy atom. The van der Waals surface area contributed by atoms with Crippen LogP contribution in [0.4, 0.5) is 0 Å². The largest absolute Gasteiger partial charge is 0.330 e. The SMILES string of the molecule is CCCCC(CN)CCS(=O)(=O)NCC. The van der Waals surface area contributed by atoms with Crippen molar-refractivity contribution in [3.8, 4) is 0 Å². The molecule has 0 saturated heterocycles. The van der Waals surface area contributed by atoms with Crippen molar-refractivity contribution in [2.24, 2.45) is 11.7 Å². The Kier molecular flexibility index (Phi) is 8.00. The van der Waals surface area contributed by atoms with E-state index in [9.17, 15) is 8.42 Å². The van der Waals surface area contributed by atoms with Crippen molar-refractivity contribution in [2.45, 2.75) is 39.5 Å². The molecule has 1 atom stereocenters. The van der Waals surface area contributed by atoms with Crippen LogP contribution in [0.15, 0.2) is 0 Å². The average Bonchev–Trinajstić information content (AvgIpc) is 2.18. The highest BCUT2D eigenvalue weighted by atomic mass is 32.2. The number of nitrogens with one attached hydrogen (secondary N) is 1. The van der Waals surface area contributed by atoms with Gasteiger partial charge in [0.2, 0.25) is 10.0 Å². The van der Waals surface area contributed by atoms with Gasteiger partial charge in [0.1, 0.15) is 0 Å². The summed E-state index contributed by atoms with van der Waals surface area (Å²) in [7, 11) is -3.07. The van der Waals surface area contributed by atoms with Gasteiger partial charge in [-0.05, 0) is 25.3 Å². The van der Waals surface area contributed by atoms with E-state index in [-0.39, 0.29) is 5.75 Å². The van der Waals surface area contributed by atoms with E-state index in [1.807, 2.05) is 0 Å². The monoisotopic (exact) mass is 236 g/mol. The Hall–Kier alpha value is -0.130. The summed E-state index contributed by atoms with van der Waals surface area (Å²) in [5, 5.41) is 0. The third-order valence-electron chi connectivity index (χ3n) is 2.46. The quantitative estimate of drug-likeness (QED) is 0.629. The predicted molar refractivity (Wildman–Crippen MR) is 64.1 cm³/mol. The van der Waals surface area contributed by atoms with Gasteiger partial charge >= 0.3 is 0 Å². The molecule has 92 valence electrons. The molecule has 4 nitrogen and oxygen atoms in total. The van der Waals surface area contributed by atoms with Crippen molar-refractivity contribution in [2.75, 3.05) is 18.8 Å². The maximum Gasteiger partial charge on any atom is 0.211 e. The molecule has 0 fully saturated rings. The minimum Gasteiger partial charge on any atom is -0.330 e. The summed E-state index contributed by atoms with van der Waals surface area (Å²) in [6, 6.07) is 0. The van der Waals surface area contributed by atoms with Crippen LogP contribution in [0, 0.1) is 5.92 Å². The Morgan fingerprint density at radius 2 is 1.93 bits per heavy atom. The van der Waals surface area contributed by atoms with Crippen molar-refractivity contribution >= 4 is 10.0 Å². The fraction of sp³-hybridized carbons (Fsp3) is 1.00. The van der Waals surface area contributed by atoms with E-state index in [2.05, 4.69) is 11.6 Å². The summed E-state index contributed by atoms with van der Waals surface area (Å²) in [5.41, 5.74) is 5.60. The molecule has 0 aromatic rings. The molecule has 0 radical (unpaired) electrons. The molecular formula is C10H24N2O2S. The molecule has 0 heterocycles. The Bertz CT molecular complexity index is 240. The zero-order chi connectivity index (χ0) is 11.7. The van der Waals surface area contributed by atoms with Gasteiger partial charge in [-0.2, -0.15) is 0 Å². The minimum absolute atomic E-state index is 0.201. The summed E-state index contributed by atoms with van der Waals surface area (Å²) in [4.78, 5) is 0. The zero-order valence-corrected chi connectivity index (χ0v) is 10.6. The van der Waals surface area contributed by atoms with Gasteiger partial charge in [0, 0.05) is 6.54 Å². The second kappa shape index (κ2) is 8.07. The van der Waals surface area contributed by atoms with Gasteiger partial charge < -0.3 is 5.73 Å². The van der Waals surface area contributed by atoms with Gasteiger partial charge in [-0.25, -0.2) is 13.1 Å².